The van der Waals surface area contributed by atoms with Crippen molar-refractivity contribution in [2.75, 3.05) is 36.4 Å². The van der Waals surface area contributed by atoms with E-state index in [1.54, 1.807) is 11.3 Å². The van der Waals surface area contributed by atoms with Gasteiger partial charge in [-0.05, 0) is 29.8 Å². The summed E-state index contributed by atoms with van der Waals surface area (Å²) >= 11 is 1.64. The fourth-order valence-electron chi connectivity index (χ4n) is 3.19. The van der Waals surface area contributed by atoms with Crippen LogP contribution in [0.2, 0.25) is 0 Å². The standard InChI is InChI=1S/C21H22N4OS/c26-20(24-11-13-25(14-12-24)21-22-10-15-27-21)18-6-8-19(9-7-18)23-16-17-4-2-1-3-5-17/h1-10,15,23H,11-14,16H2. The minimum atomic E-state index is 0.100. The number of carbonyl (C=O) groups is 1. The molecule has 0 radical (unpaired) electrons. The highest BCUT2D eigenvalue weighted by Crippen LogP contribution is 2.20. The molecule has 1 aliphatic heterocycles. The van der Waals surface area contributed by atoms with Crippen molar-refractivity contribution in [2.24, 2.45) is 0 Å². The molecular formula is C21H22N4OS. The van der Waals surface area contributed by atoms with Crippen molar-refractivity contribution in [1.29, 1.82) is 0 Å². The molecule has 5 nitrogen and oxygen atoms in total. The summed E-state index contributed by atoms with van der Waals surface area (Å²) in [6.07, 6.45) is 1.82. The van der Waals surface area contributed by atoms with Crippen LogP contribution in [0.5, 0.6) is 0 Å². The SMILES string of the molecule is O=C(c1ccc(NCc2ccccc2)cc1)N1CCN(c2nccs2)CC1. The first-order valence-corrected chi connectivity index (χ1v) is 9.99. The van der Waals surface area contributed by atoms with E-state index >= 15 is 0 Å². The molecular weight excluding hydrogens is 356 g/mol. The summed E-state index contributed by atoms with van der Waals surface area (Å²) in [5, 5.41) is 6.41. The molecule has 1 fully saturated rings. The minimum absolute atomic E-state index is 0.100. The summed E-state index contributed by atoms with van der Waals surface area (Å²) < 4.78 is 0. The molecule has 0 bridgehead atoms. The van der Waals surface area contributed by atoms with E-state index in [4.69, 9.17) is 0 Å². The molecule has 3 aromatic rings. The molecule has 0 atom stereocenters. The van der Waals surface area contributed by atoms with Crippen LogP contribution in [0.1, 0.15) is 15.9 Å². The van der Waals surface area contributed by atoms with E-state index in [0.717, 1.165) is 49.1 Å². The number of rotatable bonds is 5. The molecule has 1 N–H and O–H groups in total. The predicted octanol–water partition coefficient (Wildman–Crippen LogP) is 3.72. The lowest BCUT2D eigenvalue weighted by Crippen LogP contribution is -2.48. The average Bonchev–Trinajstić information content (AvgIpc) is 3.28. The molecule has 138 valence electrons. The number of nitrogens with one attached hydrogen (secondary N) is 1. The molecule has 2 aromatic carbocycles. The van der Waals surface area contributed by atoms with Gasteiger partial charge in [-0.25, -0.2) is 4.98 Å². The second-order valence-corrected chi connectivity index (χ2v) is 7.38. The Bertz CT molecular complexity index is 857. The van der Waals surface area contributed by atoms with Gasteiger partial charge in [-0.15, -0.1) is 11.3 Å². The Morgan fingerprint density at radius 3 is 2.41 bits per heavy atom. The number of thiazole rings is 1. The van der Waals surface area contributed by atoms with Gasteiger partial charge in [0.05, 0.1) is 0 Å². The first kappa shape index (κ1) is 17.5. The van der Waals surface area contributed by atoms with Crippen LogP contribution in [0.25, 0.3) is 0 Å². The van der Waals surface area contributed by atoms with Crippen LogP contribution in [-0.2, 0) is 6.54 Å². The van der Waals surface area contributed by atoms with Crippen LogP contribution in [0, 0.1) is 0 Å². The van der Waals surface area contributed by atoms with E-state index in [-0.39, 0.29) is 5.91 Å². The zero-order chi connectivity index (χ0) is 18.5. The highest BCUT2D eigenvalue weighted by atomic mass is 32.1. The molecule has 0 spiro atoms. The molecule has 0 unspecified atom stereocenters. The van der Waals surface area contributed by atoms with E-state index in [2.05, 4.69) is 27.3 Å². The van der Waals surface area contributed by atoms with E-state index < -0.39 is 0 Å². The van der Waals surface area contributed by atoms with Gasteiger partial charge < -0.3 is 15.1 Å². The maximum absolute atomic E-state index is 12.8. The van der Waals surface area contributed by atoms with Gasteiger partial charge in [0.1, 0.15) is 0 Å². The minimum Gasteiger partial charge on any atom is -0.381 e. The topological polar surface area (TPSA) is 48.5 Å². The van der Waals surface area contributed by atoms with Crippen molar-refractivity contribution in [3.8, 4) is 0 Å². The molecule has 1 aliphatic rings. The third kappa shape index (κ3) is 4.28. The largest absolute Gasteiger partial charge is 0.381 e. The summed E-state index contributed by atoms with van der Waals surface area (Å²) in [6, 6.07) is 18.0. The highest BCUT2D eigenvalue weighted by Gasteiger charge is 2.23. The molecule has 1 saturated heterocycles. The Kier molecular flexibility index (Phi) is 5.34. The fourth-order valence-corrected chi connectivity index (χ4v) is 3.88. The van der Waals surface area contributed by atoms with Gasteiger partial charge in [-0.2, -0.15) is 0 Å². The highest BCUT2D eigenvalue weighted by molar-refractivity contribution is 7.13. The van der Waals surface area contributed by atoms with Crippen LogP contribution < -0.4 is 10.2 Å². The number of carbonyl (C=O) groups excluding carboxylic acids is 1. The van der Waals surface area contributed by atoms with Crippen molar-refractivity contribution in [3.63, 3.8) is 0 Å². The third-order valence-electron chi connectivity index (χ3n) is 4.73. The molecule has 2 heterocycles. The molecule has 1 amide bonds. The zero-order valence-corrected chi connectivity index (χ0v) is 15.9. The van der Waals surface area contributed by atoms with Crippen LogP contribution >= 0.6 is 11.3 Å². The number of hydrogen-bond donors (Lipinski definition) is 1. The van der Waals surface area contributed by atoms with Gasteiger partial charge in [0.15, 0.2) is 5.13 Å². The Morgan fingerprint density at radius 1 is 1.00 bits per heavy atom. The van der Waals surface area contributed by atoms with Crippen LogP contribution in [0.4, 0.5) is 10.8 Å². The molecule has 4 rings (SSSR count). The van der Waals surface area contributed by atoms with Gasteiger partial charge in [-0.3, -0.25) is 4.79 Å². The quantitative estimate of drug-likeness (QED) is 0.735. The van der Waals surface area contributed by atoms with E-state index in [1.165, 1.54) is 5.56 Å². The average molecular weight is 379 g/mol. The first-order chi connectivity index (χ1) is 13.3. The molecule has 6 heteroatoms. The number of piperazine rings is 1. The van der Waals surface area contributed by atoms with Gasteiger partial charge in [0.25, 0.3) is 5.91 Å². The zero-order valence-electron chi connectivity index (χ0n) is 15.0. The molecule has 1 aromatic heterocycles. The number of hydrogen-bond acceptors (Lipinski definition) is 5. The van der Waals surface area contributed by atoms with Crippen molar-refractivity contribution >= 4 is 28.1 Å². The Hall–Kier alpha value is -2.86. The summed E-state index contributed by atoms with van der Waals surface area (Å²) in [7, 11) is 0. The lowest BCUT2D eigenvalue weighted by molar-refractivity contribution is 0.0747. The van der Waals surface area contributed by atoms with Crippen molar-refractivity contribution in [1.82, 2.24) is 9.88 Å². The number of nitrogens with zero attached hydrogens (tertiary/aromatic N) is 3. The number of anilines is 2. The van der Waals surface area contributed by atoms with E-state index in [1.807, 2.05) is 58.9 Å². The Balaban J connectivity index is 1.31. The van der Waals surface area contributed by atoms with E-state index in [0.29, 0.717) is 0 Å². The second-order valence-electron chi connectivity index (χ2n) is 6.51. The number of amides is 1. The van der Waals surface area contributed by atoms with Gasteiger partial charge in [0, 0.05) is 55.6 Å². The normalized spacial score (nSPS) is 14.2. The monoisotopic (exact) mass is 378 g/mol. The number of benzene rings is 2. The van der Waals surface area contributed by atoms with Crippen LogP contribution in [0.3, 0.4) is 0 Å². The number of aromatic nitrogens is 1. The summed E-state index contributed by atoms with van der Waals surface area (Å²) in [4.78, 5) is 21.3. The fraction of sp³-hybridized carbons (Fsp3) is 0.238. The summed E-state index contributed by atoms with van der Waals surface area (Å²) in [5.41, 5.74) is 2.99. The lowest BCUT2D eigenvalue weighted by atomic mass is 10.1. The summed E-state index contributed by atoms with van der Waals surface area (Å²) in [5.74, 6) is 0.100. The van der Waals surface area contributed by atoms with Crippen molar-refractivity contribution < 1.29 is 4.79 Å². The lowest BCUT2D eigenvalue weighted by Gasteiger charge is -2.34. The third-order valence-corrected chi connectivity index (χ3v) is 5.56. The van der Waals surface area contributed by atoms with Gasteiger partial charge >= 0.3 is 0 Å². The van der Waals surface area contributed by atoms with Crippen LogP contribution in [0.15, 0.2) is 66.2 Å². The maximum Gasteiger partial charge on any atom is 0.253 e. The van der Waals surface area contributed by atoms with Crippen molar-refractivity contribution in [3.05, 3.63) is 77.3 Å². The maximum atomic E-state index is 12.8. The predicted molar refractivity (Wildman–Crippen MR) is 110 cm³/mol. The Labute approximate surface area is 163 Å². The smallest absolute Gasteiger partial charge is 0.253 e. The first-order valence-electron chi connectivity index (χ1n) is 9.11. The molecule has 27 heavy (non-hydrogen) atoms. The van der Waals surface area contributed by atoms with Crippen LogP contribution in [-0.4, -0.2) is 42.0 Å². The van der Waals surface area contributed by atoms with E-state index in [9.17, 15) is 4.79 Å². The van der Waals surface area contributed by atoms with Gasteiger partial charge in [0.2, 0.25) is 0 Å². The van der Waals surface area contributed by atoms with Gasteiger partial charge in [-0.1, -0.05) is 30.3 Å². The molecule has 0 saturated carbocycles. The molecule has 0 aliphatic carbocycles. The van der Waals surface area contributed by atoms with Crippen molar-refractivity contribution in [2.45, 2.75) is 6.54 Å². The second kappa shape index (κ2) is 8.22. The Morgan fingerprint density at radius 2 is 1.74 bits per heavy atom. The summed E-state index contributed by atoms with van der Waals surface area (Å²) in [6.45, 7) is 3.89.